The molecule has 0 aliphatic carbocycles. The average molecular weight is 557 g/mol. The number of phenolic OH excluding ortho intramolecular Hbond substituents is 1. The molecule has 3 rings (SSSR count). The van der Waals surface area contributed by atoms with Gasteiger partial charge < -0.3 is 5.11 Å². The predicted molar refractivity (Wildman–Crippen MR) is 129 cm³/mol. The molecule has 0 saturated heterocycles. The van der Waals surface area contributed by atoms with E-state index in [4.69, 9.17) is 23.2 Å². The molecule has 7 nitrogen and oxygen atoms in total. The molecule has 0 fully saturated rings. The van der Waals surface area contributed by atoms with Gasteiger partial charge in [-0.15, -0.1) is 0 Å². The highest BCUT2D eigenvalue weighted by Crippen LogP contribution is 2.30. The number of phenols is 1. The molecule has 0 unspecified atom stereocenters. The lowest BCUT2D eigenvalue weighted by Crippen LogP contribution is -2.39. The van der Waals surface area contributed by atoms with Crippen molar-refractivity contribution in [3.05, 3.63) is 86.8 Å². The number of nitrogens with one attached hydrogen (secondary N) is 1. The number of anilines is 1. The van der Waals surface area contributed by atoms with E-state index in [2.05, 4.69) is 26.5 Å². The Morgan fingerprint density at radius 1 is 1.09 bits per heavy atom. The van der Waals surface area contributed by atoms with Crippen LogP contribution in [-0.4, -0.2) is 32.2 Å². The molecule has 0 spiro atoms. The summed E-state index contributed by atoms with van der Waals surface area (Å²) in [5, 5.41) is 14.0. The first-order chi connectivity index (χ1) is 15.2. The van der Waals surface area contributed by atoms with Crippen LogP contribution in [0.25, 0.3) is 0 Å². The van der Waals surface area contributed by atoms with Crippen LogP contribution in [-0.2, 0) is 14.8 Å². The summed E-state index contributed by atoms with van der Waals surface area (Å²) in [7, 11) is -4.04. The molecule has 0 bridgehead atoms. The highest BCUT2D eigenvalue weighted by Gasteiger charge is 2.27. The van der Waals surface area contributed by atoms with Gasteiger partial charge in [0.05, 0.1) is 21.8 Å². The van der Waals surface area contributed by atoms with E-state index in [9.17, 15) is 18.3 Å². The van der Waals surface area contributed by atoms with Crippen molar-refractivity contribution in [2.24, 2.45) is 5.10 Å². The quantitative estimate of drug-likeness (QED) is 0.322. The summed E-state index contributed by atoms with van der Waals surface area (Å²) in [5.41, 5.74) is 2.73. The predicted octanol–water partition coefficient (Wildman–Crippen LogP) is 4.81. The Labute approximate surface area is 203 Å². The van der Waals surface area contributed by atoms with Gasteiger partial charge in [-0.05, 0) is 42.5 Å². The number of carbonyl (C=O) groups excluding carboxylic acids is 1. The number of nitrogens with zero attached hydrogens (tertiary/aromatic N) is 2. The molecule has 0 radical (unpaired) electrons. The summed E-state index contributed by atoms with van der Waals surface area (Å²) in [5.74, 6) is -0.954. The Kier molecular flexibility index (Phi) is 7.78. The van der Waals surface area contributed by atoms with Crippen LogP contribution < -0.4 is 9.73 Å². The fourth-order valence-corrected chi connectivity index (χ4v) is 5.02. The van der Waals surface area contributed by atoms with Gasteiger partial charge in [0, 0.05) is 15.1 Å². The largest absolute Gasteiger partial charge is 0.506 e. The summed E-state index contributed by atoms with van der Waals surface area (Å²) in [4.78, 5) is 12.6. The number of hydrazone groups is 1. The summed E-state index contributed by atoms with van der Waals surface area (Å²) in [6, 6.07) is 17.1. The topological polar surface area (TPSA) is 99.1 Å². The normalized spacial score (nSPS) is 11.5. The first-order valence-corrected chi connectivity index (χ1v) is 12.0. The summed E-state index contributed by atoms with van der Waals surface area (Å²) >= 11 is 15.1. The highest BCUT2D eigenvalue weighted by atomic mass is 79.9. The first kappa shape index (κ1) is 24.1. The Bertz CT molecular complexity index is 1270. The van der Waals surface area contributed by atoms with Gasteiger partial charge in [0.15, 0.2) is 0 Å². The van der Waals surface area contributed by atoms with Crippen molar-refractivity contribution in [3.8, 4) is 5.75 Å². The molecule has 1 amide bonds. The zero-order valence-electron chi connectivity index (χ0n) is 16.2. The van der Waals surface area contributed by atoms with Crippen LogP contribution >= 0.6 is 39.1 Å². The van der Waals surface area contributed by atoms with Gasteiger partial charge in [0.25, 0.3) is 15.9 Å². The van der Waals surface area contributed by atoms with Crippen molar-refractivity contribution in [1.82, 2.24) is 5.43 Å². The zero-order chi connectivity index (χ0) is 23.3. The first-order valence-electron chi connectivity index (χ1n) is 9.02. The Hall–Kier alpha value is -2.59. The fraction of sp³-hybridized carbons (Fsp3) is 0.0476. The number of carbonyl (C=O) groups is 1. The standard InChI is InChI=1S/C21H16BrCl2N3O4S/c22-15-5-4-6-17(10-15)27(32(30,31)18-7-2-1-3-8-18)13-20(28)26-25-12-14-9-16(23)11-19(24)21(14)29/h1-12,29H,13H2,(H,26,28)/b25-12+. The Morgan fingerprint density at radius 2 is 1.81 bits per heavy atom. The maximum Gasteiger partial charge on any atom is 0.264 e. The highest BCUT2D eigenvalue weighted by molar-refractivity contribution is 9.10. The number of benzene rings is 3. The number of amides is 1. The van der Waals surface area contributed by atoms with E-state index in [1.165, 1.54) is 24.3 Å². The van der Waals surface area contributed by atoms with Crippen LogP contribution in [0.2, 0.25) is 10.0 Å². The lowest BCUT2D eigenvalue weighted by Gasteiger charge is -2.23. The average Bonchev–Trinajstić information content (AvgIpc) is 2.76. The summed E-state index contributed by atoms with van der Waals surface area (Å²) in [6.45, 7) is -0.534. The second kappa shape index (κ2) is 10.4. The smallest absolute Gasteiger partial charge is 0.264 e. The second-order valence-electron chi connectivity index (χ2n) is 6.42. The Morgan fingerprint density at radius 3 is 2.50 bits per heavy atom. The van der Waals surface area contributed by atoms with Gasteiger partial charge in [0.2, 0.25) is 0 Å². The van der Waals surface area contributed by atoms with Gasteiger partial charge in [-0.2, -0.15) is 5.10 Å². The van der Waals surface area contributed by atoms with Gasteiger partial charge in [0.1, 0.15) is 12.3 Å². The molecule has 32 heavy (non-hydrogen) atoms. The molecule has 3 aromatic rings. The van der Waals surface area contributed by atoms with Crippen molar-refractivity contribution >= 4 is 67.0 Å². The molecule has 0 saturated carbocycles. The Balaban J connectivity index is 1.85. The maximum absolute atomic E-state index is 13.2. The van der Waals surface area contributed by atoms with Crippen LogP contribution in [0.5, 0.6) is 5.75 Å². The van der Waals surface area contributed by atoms with Crippen LogP contribution in [0.15, 0.2) is 81.2 Å². The zero-order valence-corrected chi connectivity index (χ0v) is 20.2. The minimum Gasteiger partial charge on any atom is -0.506 e. The number of sulfonamides is 1. The molecule has 166 valence electrons. The van der Waals surface area contributed by atoms with E-state index in [1.54, 1.807) is 42.5 Å². The molecule has 0 aromatic heterocycles. The molecule has 0 aliphatic rings. The molecule has 11 heteroatoms. The van der Waals surface area contributed by atoms with Gasteiger partial charge in [-0.1, -0.05) is 63.4 Å². The van der Waals surface area contributed by atoms with E-state index >= 15 is 0 Å². The van der Waals surface area contributed by atoms with Crippen LogP contribution in [0.1, 0.15) is 5.56 Å². The van der Waals surface area contributed by atoms with Gasteiger partial charge in [-0.25, -0.2) is 13.8 Å². The van der Waals surface area contributed by atoms with E-state index in [1.807, 2.05) is 0 Å². The lowest BCUT2D eigenvalue weighted by molar-refractivity contribution is -0.119. The third-order valence-electron chi connectivity index (χ3n) is 4.17. The lowest BCUT2D eigenvalue weighted by atomic mass is 10.2. The van der Waals surface area contributed by atoms with Gasteiger partial charge >= 0.3 is 0 Å². The second-order valence-corrected chi connectivity index (χ2v) is 10.0. The fourth-order valence-electron chi connectivity index (χ4n) is 2.69. The third kappa shape index (κ3) is 5.80. The number of hydrogen-bond donors (Lipinski definition) is 2. The molecular weight excluding hydrogens is 541 g/mol. The molecule has 3 aromatic carbocycles. The number of halogens is 3. The van der Waals surface area contributed by atoms with Crippen LogP contribution in [0, 0.1) is 0 Å². The van der Waals surface area contributed by atoms with E-state index in [0.717, 1.165) is 10.5 Å². The monoisotopic (exact) mass is 555 g/mol. The minimum atomic E-state index is -4.04. The van der Waals surface area contributed by atoms with Crippen molar-refractivity contribution in [3.63, 3.8) is 0 Å². The van der Waals surface area contributed by atoms with Crippen molar-refractivity contribution in [1.29, 1.82) is 0 Å². The maximum atomic E-state index is 13.2. The SMILES string of the molecule is O=C(CN(c1cccc(Br)c1)S(=O)(=O)c1ccccc1)N/N=C/c1cc(Cl)cc(Cl)c1O. The number of rotatable bonds is 7. The number of aromatic hydroxyl groups is 1. The van der Waals surface area contributed by atoms with Gasteiger partial charge in [-0.3, -0.25) is 9.10 Å². The van der Waals surface area contributed by atoms with E-state index in [0.29, 0.717) is 10.2 Å². The molecule has 0 atom stereocenters. The summed E-state index contributed by atoms with van der Waals surface area (Å²) < 4.78 is 28.1. The van der Waals surface area contributed by atoms with E-state index < -0.39 is 22.5 Å². The molecule has 0 aliphatic heterocycles. The minimum absolute atomic E-state index is 0.0278. The molecular formula is C21H16BrCl2N3O4S. The molecule has 0 heterocycles. The van der Waals surface area contributed by atoms with Crippen molar-refractivity contribution < 1.29 is 18.3 Å². The van der Waals surface area contributed by atoms with Crippen molar-refractivity contribution in [2.75, 3.05) is 10.8 Å². The van der Waals surface area contributed by atoms with Crippen molar-refractivity contribution in [2.45, 2.75) is 4.90 Å². The number of hydrogen-bond acceptors (Lipinski definition) is 5. The summed E-state index contributed by atoms with van der Waals surface area (Å²) in [6.07, 6.45) is 1.15. The van der Waals surface area contributed by atoms with Crippen LogP contribution in [0.4, 0.5) is 5.69 Å². The third-order valence-corrected chi connectivity index (χ3v) is 6.95. The van der Waals surface area contributed by atoms with Crippen LogP contribution in [0.3, 0.4) is 0 Å². The molecule has 2 N–H and O–H groups in total. The van der Waals surface area contributed by atoms with E-state index in [-0.39, 0.29) is 26.3 Å².